The van der Waals surface area contributed by atoms with Crippen LogP contribution in [-0.4, -0.2) is 5.91 Å². The van der Waals surface area contributed by atoms with E-state index in [4.69, 9.17) is 5.26 Å². The Morgan fingerprint density at radius 2 is 1.84 bits per heavy atom. The molecule has 0 aromatic heterocycles. The Hall–Kier alpha value is -3.26. The summed E-state index contributed by atoms with van der Waals surface area (Å²) in [6, 6.07) is 14.2. The van der Waals surface area contributed by atoms with Crippen molar-refractivity contribution in [2.75, 3.05) is 5.32 Å². The molecule has 1 amide bonds. The first kappa shape index (κ1) is 18.1. The molecule has 1 N–H and O–H groups in total. The van der Waals surface area contributed by atoms with Gasteiger partial charge in [-0.05, 0) is 46.0 Å². The van der Waals surface area contributed by atoms with Gasteiger partial charge in [0, 0.05) is 6.08 Å². The first-order valence-electron chi connectivity index (χ1n) is 7.80. The number of anilines is 1. The second kappa shape index (κ2) is 7.54. The van der Waals surface area contributed by atoms with Crippen molar-refractivity contribution in [3.63, 3.8) is 0 Å². The quantitative estimate of drug-likeness (QED) is 0.637. The number of benzene rings is 2. The first-order valence-corrected chi connectivity index (χ1v) is 7.80. The van der Waals surface area contributed by atoms with E-state index < -0.39 is 0 Å². The highest BCUT2D eigenvalue weighted by Crippen LogP contribution is 2.26. The van der Waals surface area contributed by atoms with E-state index in [-0.39, 0.29) is 22.7 Å². The minimum Gasteiger partial charge on any atom is -0.320 e. The lowest BCUT2D eigenvalue weighted by molar-refractivity contribution is -0.111. The van der Waals surface area contributed by atoms with E-state index in [1.807, 2.05) is 30.3 Å². The Morgan fingerprint density at radius 3 is 2.40 bits per heavy atom. The molecule has 2 aromatic rings. The molecule has 0 saturated carbocycles. The number of nitrogens with one attached hydrogen (secondary N) is 1. The normalized spacial score (nSPS) is 11.1. The average molecular weight is 333 g/mol. The van der Waals surface area contributed by atoms with Crippen LogP contribution in [0.1, 0.15) is 37.5 Å². The Kier molecular flexibility index (Phi) is 5.45. The summed E-state index contributed by atoms with van der Waals surface area (Å²) in [4.78, 5) is 22.9. The molecule has 0 radical (unpaired) electrons. The van der Waals surface area contributed by atoms with Gasteiger partial charge >= 0.3 is 0 Å². The highest BCUT2D eigenvalue weighted by molar-refractivity contribution is 6.03. The average Bonchev–Trinajstić information content (AvgIpc) is 2.60. The van der Waals surface area contributed by atoms with Crippen molar-refractivity contribution in [1.29, 1.82) is 5.26 Å². The fraction of sp³-hybridized carbons (Fsp3) is 0.200. The minimum absolute atomic E-state index is 0.0235. The summed E-state index contributed by atoms with van der Waals surface area (Å²) >= 11 is 0. The van der Waals surface area contributed by atoms with Crippen LogP contribution in [0.25, 0.3) is 6.08 Å². The summed E-state index contributed by atoms with van der Waals surface area (Å²) in [6.07, 6.45) is 3.08. The largest absolute Gasteiger partial charge is 0.320 e. The van der Waals surface area contributed by atoms with Crippen molar-refractivity contribution < 1.29 is 4.79 Å². The molecule has 0 spiro atoms. The lowest BCUT2D eigenvalue weighted by Crippen LogP contribution is -2.10. The van der Waals surface area contributed by atoms with Crippen molar-refractivity contribution in [2.45, 2.75) is 26.2 Å². The lowest BCUT2D eigenvalue weighted by atomic mass is 9.87. The van der Waals surface area contributed by atoms with Crippen molar-refractivity contribution in [1.82, 2.24) is 0 Å². The maximum absolute atomic E-state index is 12.0. The minimum atomic E-state index is -0.380. The van der Waals surface area contributed by atoms with Gasteiger partial charge in [-0.3, -0.25) is 4.79 Å². The summed E-state index contributed by atoms with van der Waals surface area (Å²) < 4.78 is 0. The van der Waals surface area contributed by atoms with Gasteiger partial charge in [0.25, 0.3) is 0 Å². The molecular formula is C20H19N3O2. The smallest absolute Gasteiger partial charge is 0.248 e. The molecule has 0 aliphatic rings. The number of hydrogen-bond donors (Lipinski definition) is 1. The highest BCUT2D eigenvalue weighted by atomic mass is 16.3. The third kappa shape index (κ3) is 4.85. The number of carbonyl (C=O) groups excluding carboxylic acids is 1. The van der Waals surface area contributed by atoms with Gasteiger partial charge in [-0.25, -0.2) is 0 Å². The summed E-state index contributed by atoms with van der Waals surface area (Å²) in [6.45, 7) is 6.42. The van der Waals surface area contributed by atoms with Crippen LogP contribution in [0.3, 0.4) is 0 Å². The fourth-order valence-corrected chi connectivity index (χ4v) is 2.22. The van der Waals surface area contributed by atoms with Gasteiger partial charge in [0.1, 0.15) is 5.69 Å². The van der Waals surface area contributed by atoms with Crippen LogP contribution in [0.5, 0.6) is 0 Å². The topological polar surface area (TPSA) is 82.3 Å². The first-order chi connectivity index (χ1) is 11.8. The Labute approximate surface area is 147 Å². The number of hydrogen-bond acceptors (Lipinski definition) is 4. The van der Waals surface area contributed by atoms with Crippen LogP contribution in [0, 0.1) is 16.2 Å². The maximum atomic E-state index is 12.0. The summed E-state index contributed by atoms with van der Waals surface area (Å²) in [5.41, 5.74) is 2.79. The van der Waals surface area contributed by atoms with E-state index in [0.29, 0.717) is 5.56 Å². The molecule has 0 heterocycles. The molecule has 2 aromatic carbocycles. The third-order valence-electron chi connectivity index (χ3n) is 3.69. The highest BCUT2D eigenvalue weighted by Gasteiger charge is 2.12. The van der Waals surface area contributed by atoms with E-state index in [9.17, 15) is 9.70 Å². The molecule has 25 heavy (non-hydrogen) atoms. The molecule has 5 nitrogen and oxygen atoms in total. The third-order valence-corrected chi connectivity index (χ3v) is 3.69. The van der Waals surface area contributed by atoms with E-state index in [1.165, 1.54) is 29.8 Å². The number of nitrogens with zero attached hydrogens (tertiary/aromatic N) is 2. The molecule has 5 heteroatoms. The fourth-order valence-electron chi connectivity index (χ4n) is 2.22. The second-order valence-electron chi connectivity index (χ2n) is 6.63. The number of carbonyl (C=O) groups is 1. The second-order valence-corrected chi connectivity index (χ2v) is 6.63. The molecule has 2 rings (SSSR count). The van der Waals surface area contributed by atoms with Crippen molar-refractivity contribution in [3.8, 4) is 6.07 Å². The van der Waals surface area contributed by atoms with Crippen molar-refractivity contribution in [2.24, 2.45) is 5.18 Å². The summed E-state index contributed by atoms with van der Waals surface area (Å²) in [5.74, 6) is -0.380. The van der Waals surface area contributed by atoms with E-state index in [0.717, 1.165) is 5.56 Å². The van der Waals surface area contributed by atoms with Crippen LogP contribution in [0.15, 0.2) is 53.7 Å². The molecular weight excluding hydrogens is 314 g/mol. The molecule has 126 valence electrons. The number of amides is 1. The number of rotatable bonds is 4. The van der Waals surface area contributed by atoms with Crippen molar-refractivity contribution in [3.05, 3.63) is 70.1 Å². The van der Waals surface area contributed by atoms with Gasteiger partial charge in [-0.15, -0.1) is 4.91 Å². The van der Waals surface area contributed by atoms with Crippen molar-refractivity contribution >= 4 is 23.4 Å². The zero-order valence-electron chi connectivity index (χ0n) is 14.4. The molecule has 0 atom stereocenters. The van der Waals surface area contributed by atoms with Gasteiger partial charge < -0.3 is 5.32 Å². The standard InChI is InChI=1S/C20H19N3O2/c1-20(2,3)16-8-4-14(5-9-16)7-11-19(24)22-17-10-6-15(13-21)12-18(17)23-25/h4-12H,1-3H3,(H,22,24)/b11-7+. The zero-order valence-corrected chi connectivity index (χ0v) is 14.4. The van der Waals surface area contributed by atoms with Crippen LogP contribution in [-0.2, 0) is 10.2 Å². The van der Waals surface area contributed by atoms with Crippen LogP contribution in [0.4, 0.5) is 11.4 Å². The van der Waals surface area contributed by atoms with Gasteiger partial charge in [0.2, 0.25) is 5.91 Å². The molecule has 0 aliphatic heterocycles. The molecule has 0 fully saturated rings. The number of nitriles is 1. The van der Waals surface area contributed by atoms with Gasteiger partial charge in [-0.1, -0.05) is 45.0 Å². The summed E-state index contributed by atoms with van der Waals surface area (Å²) in [7, 11) is 0. The molecule has 0 unspecified atom stereocenters. The lowest BCUT2D eigenvalue weighted by Gasteiger charge is -2.18. The predicted molar refractivity (Wildman–Crippen MR) is 99.4 cm³/mol. The van der Waals surface area contributed by atoms with Gasteiger partial charge in [0.05, 0.1) is 17.3 Å². The predicted octanol–water partition coefficient (Wildman–Crippen LogP) is 4.91. The molecule has 0 saturated heterocycles. The Balaban J connectivity index is 2.09. The van der Waals surface area contributed by atoms with E-state index in [2.05, 4.69) is 31.3 Å². The molecule has 0 bridgehead atoms. The van der Waals surface area contributed by atoms with Gasteiger partial charge in [-0.2, -0.15) is 5.26 Å². The number of nitroso groups, excluding NO2 is 1. The monoisotopic (exact) mass is 333 g/mol. The maximum Gasteiger partial charge on any atom is 0.248 e. The van der Waals surface area contributed by atoms with Crippen LogP contribution >= 0.6 is 0 Å². The molecule has 0 aliphatic carbocycles. The van der Waals surface area contributed by atoms with E-state index in [1.54, 1.807) is 6.08 Å². The summed E-state index contributed by atoms with van der Waals surface area (Å²) in [5, 5.41) is 14.3. The Morgan fingerprint density at radius 1 is 1.16 bits per heavy atom. The van der Waals surface area contributed by atoms with Crippen LogP contribution < -0.4 is 5.32 Å². The van der Waals surface area contributed by atoms with Crippen LogP contribution in [0.2, 0.25) is 0 Å². The Bertz CT molecular complexity index is 854. The SMILES string of the molecule is CC(C)(C)c1ccc(/C=C/C(=O)Nc2ccc(C#N)cc2N=O)cc1. The zero-order chi connectivity index (χ0) is 18.4. The van der Waals surface area contributed by atoms with E-state index >= 15 is 0 Å². The van der Waals surface area contributed by atoms with Gasteiger partial charge in [0.15, 0.2) is 0 Å².